The molecule has 0 saturated heterocycles. The van der Waals surface area contributed by atoms with Crippen LogP contribution in [0.15, 0.2) is 41.0 Å². The van der Waals surface area contributed by atoms with Crippen LogP contribution >= 0.6 is 15.9 Å². The summed E-state index contributed by atoms with van der Waals surface area (Å²) >= 11 is 3.33. The fourth-order valence-electron chi connectivity index (χ4n) is 2.56. The van der Waals surface area contributed by atoms with Crippen molar-refractivity contribution in [3.8, 4) is 22.8 Å². The van der Waals surface area contributed by atoms with Gasteiger partial charge in [0, 0.05) is 22.8 Å². The Morgan fingerprint density at radius 3 is 2.88 bits per heavy atom. The number of nitrogens with one attached hydrogen (secondary N) is 1. The molecule has 6 nitrogen and oxygen atoms in total. The third-order valence-corrected chi connectivity index (χ3v) is 4.37. The highest BCUT2D eigenvalue weighted by Gasteiger charge is 2.20. The first-order valence-electron chi connectivity index (χ1n) is 7.27. The minimum atomic E-state index is -0.338. The molecule has 0 spiro atoms. The van der Waals surface area contributed by atoms with Gasteiger partial charge in [-0.05, 0) is 46.3 Å². The van der Waals surface area contributed by atoms with Crippen molar-refractivity contribution >= 4 is 21.8 Å². The second-order valence-electron chi connectivity index (χ2n) is 5.28. The van der Waals surface area contributed by atoms with Crippen LogP contribution in [0.4, 0.5) is 4.39 Å². The van der Waals surface area contributed by atoms with Crippen LogP contribution < -0.4 is 5.32 Å². The van der Waals surface area contributed by atoms with Crippen molar-refractivity contribution in [2.45, 2.75) is 6.54 Å². The van der Waals surface area contributed by atoms with Crippen molar-refractivity contribution in [2.24, 2.45) is 0 Å². The number of carbonyl (C=O) groups is 1. The predicted molar refractivity (Wildman–Crippen MR) is 88.7 cm³/mol. The van der Waals surface area contributed by atoms with E-state index >= 15 is 0 Å². The Kier molecular flexibility index (Phi) is 3.61. The van der Waals surface area contributed by atoms with Crippen LogP contribution in [0.3, 0.4) is 0 Å². The largest absolute Gasteiger partial charge is 0.349 e. The number of fused-ring (bicyclic) bond motifs is 1. The van der Waals surface area contributed by atoms with E-state index in [-0.39, 0.29) is 11.7 Å². The molecule has 3 heterocycles. The van der Waals surface area contributed by atoms with Crippen molar-refractivity contribution in [1.82, 2.24) is 25.1 Å². The van der Waals surface area contributed by atoms with Gasteiger partial charge in [-0.2, -0.15) is 5.10 Å². The zero-order valence-corrected chi connectivity index (χ0v) is 13.9. The van der Waals surface area contributed by atoms with E-state index in [1.807, 2.05) is 0 Å². The smallest absolute Gasteiger partial charge is 0.269 e. The normalized spacial score (nSPS) is 13.5. The number of hydrogen-bond donors (Lipinski definition) is 1. The number of carbonyl (C=O) groups excluding carboxylic acids is 1. The fraction of sp³-hybridized carbons (Fsp3) is 0.125. The van der Waals surface area contributed by atoms with Gasteiger partial charge in [-0.25, -0.2) is 14.4 Å². The lowest BCUT2D eigenvalue weighted by Crippen LogP contribution is -2.35. The summed E-state index contributed by atoms with van der Waals surface area (Å²) < 4.78 is 15.5. The van der Waals surface area contributed by atoms with Gasteiger partial charge in [0.1, 0.15) is 17.2 Å². The van der Waals surface area contributed by atoms with E-state index in [0.29, 0.717) is 46.0 Å². The molecule has 1 aromatic carbocycles. The van der Waals surface area contributed by atoms with E-state index < -0.39 is 0 Å². The molecule has 0 atom stereocenters. The molecule has 0 radical (unpaired) electrons. The maximum atomic E-state index is 13.3. The second kappa shape index (κ2) is 5.79. The Balaban J connectivity index is 1.77. The number of aromatic nitrogens is 4. The SMILES string of the molecule is O=C1NCCn2nc(-c3ccnc(-c4ccc(F)cc4Br)n3)cc21. The molecule has 2 aromatic heterocycles. The molecule has 8 heteroatoms. The topological polar surface area (TPSA) is 72.7 Å². The Hall–Kier alpha value is -2.61. The van der Waals surface area contributed by atoms with Gasteiger partial charge in [-0.3, -0.25) is 9.48 Å². The van der Waals surface area contributed by atoms with E-state index in [9.17, 15) is 9.18 Å². The summed E-state index contributed by atoms with van der Waals surface area (Å²) in [6.07, 6.45) is 1.62. The third-order valence-electron chi connectivity index (χ3n) is 3.71. The van der Waals surface area contributed by atoms with Gasteiger partial charge < -0.3 is 5.32 Å². The summed E-state index contributed by atoms with van der Waals surface area (Å²) in [4.78, 5) is 20.6. The summed E-state index contributed by atoms with van der Waals surface area (Å²) in [5.74, 6) is -0.0278. The van der Waals surface area contributed by atoms with Gasteiger partial charge in [0.15, 0.2) is 5.82 Å². The van der Waals surface area contributed by atoms with Crippen molar-refractivity contribution in [3.63, 3.8) is 0 Å². The highest BCUT2D eigenvalue weighted by atomic mass is 79.9. The lowest BCUT2D eigenvalue weighted by atomic mass is 10.2. The number of hydrogen-bond acceptors (Lipinski definition) is 4. The molecule has 1 aliphatic heterocycles. The zero-order chi connectivity index (χ0) is 16.7. The maximum absolute atomic E-state index is 13.3. The summed E-state index contributed by atoms with van der Waals surface area (Å²) in [7, 11) is 0. The van der Waals surface area contributed by atoms with E-state index in [1.54, 1.807) is 29.1 Å². The van der Waals surface area contributed by atoms with Crippen molar-refractivity contribution in [3.05, 3.63) is 52.5 Å². The van der Waals surface area contributed by atoms with Gasteiger partial charge in [-0.1, -0.05) is 0 Å². The minimum absolute atomic E-state index is 0.143. The quantitative estimate of drug-likeness (QED) is 0.733. The Labute approximate surface area is 144 Å². The van der Waals surface area contributed by atoms with Crippen LogP contribution in [0.2, 0.25) is 0 Å². The molecule has 0 bridgehead atoms. The Morgan fingerprint density at radius 1 is 1.21 bits per heavy atom. The van der Waals surface area contributed by atoms with Gasteiger partial charge >= 0.3 is 0 Å². The molecule has 1 aliphatic rings. The zero-order valence-electron chi connectivity index (χ0n) is 12.3. The molecule has 4 rings (SSSR count). The molecule has 0 unspecified atom stereocenters. The highest BCUT2D eigenvalue weighted by Crippen LogP contribution is 2.28. The number of rotatable bonds is 2. The van der Waals surface area contributed by atoms with E-state index in [4.69, 9.17) is 0 Å². The number of halogens is 2. The van der Waals surface area contributed by atoms with Gasteiger partial charge in [-0.15, -0.1) is 0 Å². The lowest BCUT2D eigenvalue weighted by molar-refractivity contribution is 0.0924. The van der Waals surface area contributed by atoms with Crippen LogP contribution in [0.1, 0.15) is 10.5 Å². The van der Waals surface area contributed by atoms with Crippen molar-refractivity contribution in [2.75, 3.05) is 6.54 Å². The number of nitrogens with zero attached hydrogens (tertiary/aromatic N) is 4. The molecule has 24 heavy (non-hydrogen) atoms. The van der Waals surface area contributed by atoms with Crippen LogP contribution in [-0.4, -0.2) is 32.2 Å². The van der Waals surface area contributed by atoms with Crippen molar-refractivity contribution < 1.29 is 9.18 Å². The summed E-state index contributed by atoms with van der Waals surface area (Å²) in [5.41, 5.74) is 2.40. The monoisotopic (exact) mass is 387 g/mol. The first-order chi connectivity index (χ1) is 11.6. The van der Waals surface area contributed by atoms with E-state index in [2.05, 4.69) is 36.3 Å². The standard InChI is InChI=1S/C16H11BrFN5O/c17-11-7-9(18)1-2-10(11)15-19-4-3-12(21-15)13-8-14-16(24)20-5-6-23(14)22-13/h1-4,7-8H,5-6H2,(H,20,24). The molecular weight excluding hydrogens is 377 g/mol. The van der Waals surface area contributed by atoms with Gasteiger partial charge in [0.2, 0.25) is 0 Å². The number of amides is 1. The second-order valence-corrected chi connectivity index (χ2v) is 6.14. The Bertz CT molecular complexity index is 955. The summed E-state index contributed by atoms with van der Waals surface area (Å²) in [6.45, 7) is 1.19. The Morgan fingerprint density at radius 2 is 2.08 bits per heavy atom. The molecule has 1 amide bonds. The average molecular weight is 388 g/mol. The van der Waals surface area contributed by atoms with Crippen molar-refractivity contribution in [1.29, 1.82) is 0 Å². The van der Waals surface area contributed by atoms with E-state index in [1.165, 1.54) is 12.1 Å². The van der Waals surface area contributed by atoms with Gasteiger partial charge in [0.05, 0.1) is 12.2 Å². The summed E-state index contributed by atoms with van der Waals surface area (Å²) in [5, 5.41) is 7.22. The highest BCUT2D eigenvalue weighted by molar-refractivity contribution is 9.10. The maximum Gasteiger partial charge on any atom is 0.269 e. The van der Waals surface area contributed by atoms with Crippen LogP contribution in [-0.2, 0) is 6.54 Å². The summed E-state index contributed by atoms with van der Waals surface area (Å²) in [6, 6.07) is 7.78. The number of benzene rings is 1. The molecule has 1 N–H and O–H groups in total. The van der Waals surface area contributed by atoms with Crippen LogP contribution in [0.5, 0.6) is 0 Å². The molecule has 0 fully saturated rings. The molecular formula is C16H11BrFN5O. The molecule has 0 saturated carbocycles. The average Bonchev–Trinajstić information content (AvgIpc) is 3.01. The molecule has 0 aliphatic carbocycles. The fourth-order valence-corrected chi connectivity index (χ4v) is 3.09. The third kappa shape index (κ3) is 2.58. The van der Waals surface area contributed by atoms with Crippen LogP contribution in [0, 0.1) is 5.82 Å². The molecule has 120 valence electrons. The van der Waals surface area contributed by atoms with E-state index in [0.717, 1.165) is 0 Å². The first-order valence-corrected chi connectivity index (χ1v) is 8.06. The lowest BCUT2D eigenvalue weighted by Gasteiger charge is -2.13. The van der Waals surface area contributed by atoms with Crippen LogP contribution in [0.25, 0.3) is 22.8 Å². The minimum Gasteiger partial charge on any atom is -0.349 e. The van der Waals surface area contributed by atoms with Gasteiger partial charge in [0.25, 0.3) is 5.91 Å². The molecule has 3 aromatic rings. The predicted octanol–water partition coefficient (Wildman–Crippen LogP) is 2.65. The first kappa shape index (κ1) is 14.9.